The van der Waals surface area contributed by atoms with Gasteiger partial charge in [-0.2, -0.15) is 0 Å². The molecule has 8 rings (SSSR count). The van der Waals surface area contributed by atoms with Crippen LogP contribution in [-0.4, -0.2) is 211 Å². The molecule has 0 aromatic heterocycles. The summed E-state index contributed by atoms with van der Waals surface area (Å²) in [5.41, 5.74) is 2.81. The third kappa shape index (κ3) is 29.2. The summed E-state index contributed by atoms with van der Waals surface area (Å²) in [5, 5.41) is 67.3. The maximum absolute atomic E-state index is 14.3. The molecule has 24 nitrogen and oxygen atoms in total. The molecule has 6 aliphatic heterocycles. The Morgan fingerprint density at radius 2 is 0.794 bits per heavy atom. The van der Waals surface area contributed by atoms with E-state index in [2.05, 4.69) is 0 Å². The number of allylic oxidation sites excluding steroid dienone is 12. The Kier molecular flexibility index (Phi) is 41.9. The summed E-state index contributed by atoms with van der Waals surface area (Å²) in [6, 6.07) is -2.21. The number of hydrogen-bond donors (Lipinski definition) is 6. The summed E-state index contributed by atoms with van der Waals surface area (Å²) in [6.07, 6.45) is 28.4. The summed E-state index contributed by atoms with van der Waals surface area (Å²) >= 11 is 0. The molecule has 0 aromatic rings. The van der Waals surface area contributed by atoms with Crippen molar-refractivity contribution in [2.45, 2.75) is 363 Å². The Morgan fingerprint density at radius 3 is 1.13 bits per heavy atom. The molecule has 6 heterocycles. The summed E-state index contributed by atoms with van der Waals surface area (Å²) < 4.78 is 36.5. The van der Waals surface area contributed by atoms with Crippen LogP contribution >= 0.6 is 0 Å². The minimum absolute atomic E-state index is 0.0599. The molecule has 4 saturated heterocycles. The van der Waals surface area contributed by atoms with E-state index in [0.29, 0.717) is 114 Å². The Balaban J connectivity index is 0.000000346. The molecule has 2 unspecified atom stereocenters. The first-order chi connectivity index (χ1) is 59.3. The second-order valence-corrected chi connectivity index (χ2v) is 39.9. The van der Waals surface area contributed by atoms with E-state index in [1.165, 1.54) is 9.80 Å². The van der Waals surface area contributed by atoms with Crippen LogP contribution in [0.15, 0.2) is 95.2 Å². The van der Waals surface area contributed by atoms with Gasteiger partial charge in [-0.25, -0.2) is 9.59 Å². The molecule has 126 heavy (non-hydrogen) atoms. The van der Waals surface area contributed by atoms with Crippen LogP contribution in [0, 0.1) is 94.7 Å². The van der Waals surface area contributed by atoms with Crippen LogP contribution in [0.5, 0.6) is 0 Å². The lowest BCUT2D eigenvalue weighted by atomic mass is 9.75. The van der Waals surface area contributed by atoms with Crippen molar-refractivity contribution in [1.82, 2.24) is 9.80 Å². The largest absolute Gasteiger partial charge is 0.460 e. The number of fused-ring (bicyclic) bond motifs is 6. The zero-order chi connectivity index (χ0) is 93.5. The minimum atomic E-state index is -2.41. The van der Waals surface area contributed by atoms with Crippen LogP contribution in [0.1, 0.15) is 279 Å². The molecular weight excluding hydrogens is 1610 g/mol. The van der Waals surface area contributed by atoms with E-state index in [0.717, 1.165) is 36.8 Å². The van der Waals surface area contributed by atoms with Crippen LogP contribution in [0.25, 0.3) is 0 Å². The van der Waals surface area contributed by atoms with E-state index < -0.39 is 143 Å². The summed E-state index contributed by atoms with van der Waals surface area (Å²) in [6.45, 7) is 33.6. The highest BCUT2D eigenvalue weighted by atomic mass is 16.6. The summed E-state index contributed by atoms with van der Waals surface area (Å²) in [7, 11) is 3.17. The lowest BCUT2D eigenvalue weighted by molar-refractivity contribution is -0.265. The number of ketones is 6. The number of aliphatic hydroxyl groups excluding tert-OH is 4. The molecule has 2 saturated carbocycles. The number of carbonyl (C=O) groups is 10. The normalized spacial score (nSPS) is 40.0. The van der Waals surface area contributed by atoms with Crippen LogP contribution in [-0.2, 0) is 76.4 Å². The smallest absolute Gasteiger partial charge is 0.329 e. The fourth-order valence-corrected chi connectivity index (χ4v) is 20.5. The highest BCUT2D eigenvalue weighted by molar-refractivity contribution is 6.39. The van der Waals surface area contributed by atoms with E-state index >= 15 is 0 Å². The fourth-order valence-electron chi connectivity index (χ4n) is 20.5. The lowest BCUT2D eigenvalue weighted by Gasteiger charge is -2.42. The number of methoxy groups -OCH3 is 2. The number of piperidine rings is 2. The van der Waals surface area contributed by atoms with E-state index in [9.17, 15) is 78.6 Å². The van der Waals surface area contributed by atoms with Crippen molar-refractivity contribution >= 4 is 58.5 Å². The summed E-state index contributed by atoms with van der Waals surface area (Å²) in [4.78, 5) is 143. The number of carbonyl (C=O) groups excluding carboxylic acids is 10. The maximum atomic E-state index is 14.3. The first-order valence-electron chi connectivity index (χ1n) is 47.6. The van der Waals surface area contributed by atoms with E-state index in [1.807, 2.05) is 130 Å². The first kappa shape index (κ1) is 106. The number of Topliss-reactive ketones (excluding diaryl/α,β-unsaturated/α-hetero) is 6. The predicted molar refractivity (Wildman–Crippen MR) is 484 cm³/mol. The topological polar surface area (TPSA) is 354 Å². The molecule has 4 bridgehead atoms. The van der Waals surface area contributed by atoms with Gasteiger partial charge in [0.25, 0.3) is 23.4 Å². The van der Waals surface area contributed by atoms with Gasteiger partial charge in [0, 0.05) is 100 Å². The average molecular weight is 1760 g/mol. The Labute approximate surface area is 752 Å². The van der Waals surface area contributed by atoms with Crippen LogP contribution in [0.3, 0.4) is 0 Å². The molecule has 0 spiro atoms. The molecule has 708 valence electrons. The molecule has 2 amide bonds. The fraction of sp³-hybridized carbons (Fsp3) is 0.745. The van der Waals surface area contributed by atoms with Crippen molar-refractivity contribution in [1.29, 1.82) is 0 Å². The van der Waals surface area contributed by atoms with Crippen molar-refractivity contribution in [3.63, 3.8) is 0 Å². The Bertz CT molecular complexity index is 3680. The van der Waals surface area contributed by atoms with Gasteiger partial charge in [0.05, 0.1) is 48.8 Å². The van der Waals surface area contributed by atoms with Crippen molar-refractivity contribution in [2.75, 3.05) is 27.3 Å². The minimum Gasteiger partial charge on any atom is -0.460 e. The quantitative estimate of drug-likeness (QED) is 0.0747. The molecule has 30 atom stereocenters. The Morgan fingerprint density at radius 1 is 0.437 bits per heavy atom. The van der Waals surface area contributed by atoms with E-state index in [1.54, 1.807) is 81.8 Å². The van der Waals surface area contributed by atoms with Gasteiger partial charge in [-0.1, -0.05) is 170 Å². The summed E-state index contributed by atoms with van der Waals surface area (Å²) in [5.74, 6) is -15.4. The molecule has 0 radical (unpaired) electrons. The first-order valence-corrected chi connectivity index (χ1v) is 47.6. The number of amides is 2. The number of ether oxygens (including phenoxy) is 6. The number of cyclic esters (lactones) is 2. The second-order valence-electron chi connectivity index (χ2n) is 39.9. The van der Waals surface area contributed by atoms with Gasteiger partial charge in [-0.3, -0.25) is 38.4 Å². The number of rotatable bonds is 8. The van der Waals surface area contributed by atoms with E-state index in [4.69, 9.17) is 28.4 Å². The van der Waals surface area contributed by atoms with Gasteiger partial charge in [0.2, 0.25) is 11.6 Å². The molecular formula is C102H158N2O22. The SMILES string of the molecule is CO[C@H]1C[C@@H]2CC[C@@H](C)[C@@](O)(O2)C(=O)C(=O)N2CCCCC2C(=O)O[C@H]([C@H](C)C[C@@H]2CC[C@@H](O)[C@H](C)C2)CC(=O)[C@H](C)/C=C(\C)[C@@H](O)[C@@H](C)C(=O)[C@H](C)C[C@H](C)/C=C/C=CC=C1C.CO[C@H]1C[C@@H]2CC[C@@H](C)[C@@](O)(O2)C(=O)C(=O)N2CCCCC2C(=O)O[C@H]([C@H](C)C[C@@H]2CC[C@@H](O)[C@H](C)C2)CC(=O)[C@H](C)/C=C(\C)[C@H](O)[C@@H](C)C(=O)[C@H](C)C[C@H](C)/C=C/C=CC=C1C. The maximum Gasteiger partial charge on any atom is 0.329 e. The lowest BCUT2D eigenvalue weighted by Crippen LogP contribution is -2.61. The Hall–Kier alpha value is -6.58. The van der Waals surface area contributed by atoms with Crippen LogP contribution in [0.2, 0.25) is 0 Å². The van der Waals surface area contributed by atoms with Gasteiger partial charge >= 0.3 is 11.9 Å². The van der Waals surface area contributed by atoms with Gasteiger partial charge in [0.15, 0.2) is 0 Å². The molecule has 6 N–H and O–H groups in total. The molecule has 0 aromatic carbocycles. The average Bonchev–Trinajstić information content (AvgIpc) is 0.774. The standard InChI is InChI=1S/2C51H79NO11/c2*1-30-16-12-11-13-17-31(2)44(61-10)28-40-21-19-37(8)51(60,63-40)48(57)49(58)52-23-15-14-18-41(52)50(59)62-45(34(5)27-39-20-22-42(53)33(4)26-39)29-43(54)32(3)25-36(7)47(56)38(9)46(55)35(6)24-30/h2*11-13,16-17,25,30,32-35,37-42,44-45,47,53,56,60H,14-15,18-24,26-29H2,1-10H3/b2*13-11?,16-12+,31-17?,36-25+/t30-,32-,33-,34-,35-,37-,38+,39-,40+,41?,42-,44+,45+,47+,51-;30-,32-,33-,34-,35-,37-,38+,39-,40+,41?,42-,44+,45+,47-,51-/m11/s1. The molecule has 6 fully saturated rings. The monoisotopic (exact) mass is 1760 g/mol. The number of aliphatic hydroxyl groups is 6. The molecule has 24 heteroatoms. The van der Waals surface area contributed by atoms with Crippen molar-refractivity contribution in [3.8, 4) is 0 Å². The van der Waals surface area contributed by atoms with Gasteiger partial charge in [-0.05, 0) is 226 Å². The van der Waals surface area contributed by atoms with Crippen molar-refractivity contribution in [2.24, 2.45) is 94.7 Å². The van der Waals surface area contributed by atoms with Gasteiger partial charge in [0.1, 0.15) is 47.4 Å². The number of nitrogens with zero attached hydrogens (tertiary/aromatic N) is 2. The zero-order valence-electron chi connectivity index (χ0n) is 79.6. The molecule has 2 aliphatic carbocycles. The second kappa shape index (κ2) is 49.6. The third-order valence-electron chi connectivity index (χ3n) is 29.3. The third-order valence-corrected chi connectivity index (χ3v) is 29.3. The van der Waals surface area contributed by atoms with Crippen molar-refractivity contribution < 1.29 is 107 Å². The van der Waals surface area contributed by atoms with Crippen LogP contribution < -0.4 is 0 Å². The predicted octanol–water partition coefficient (Wildman–Crippen LogP) is 14.8. The van der Waals surface area contributed by atoms with Gasteiger partial charge < -0.3 is 68.9 Å². The van der Waals surface area contributed by atoms with Gasteiger partial charge in [-0.15, -0.1) is 0 Å². The zero-order valence-corrected chi connectivity index (χ0v) is 79.6. The highest BCUT2D eigenvalue weighted by Gasteiger charge is 2.56. The van der Waals surface area contributed by atoms with Crippen molar-refractivity contribution in [3.05, 3.63) is 95.2 Å². The number of esters is 2. The molecule has 8 aliphatic rings. The highest BCUT2D eigenvalue weighted by Crippen LogP contribution is 2.42. The number of hydrogen-bond acceptors (Lipinski definition) is 22. The van der Waals surface area contributed by atoms with E-state index in [-0.39, 0.29) is 133 Å². The van der Waals surface area contributed by atoms with Crippen LogP contribution in [0.4, 0.5) is 0 Å².